The molecule has 14 heteroatoms. The van der Waals surface area contributed by atoms with Gasteiger partial charge in [0, 0.05) is 30.7 Å². The average Bonchev–Trinajstić information content (AvgIpc) is 3.58. The van der Waals surface area contributed by atoms with Gasteiger partial charge in [0.1, 0.15) is 6.10 Å². The number of aromatic nitrogens is 4. The second-order valence-corrected chi connectivity index (χ2v) is 10.7. The molecule has 13 nitrogen and oxygen atoms in total. The number of benzene rings is 2. The summed E-state index contributed by atoms with van der Waals surface area (Å²) < 4.78 is 8.02. The summed E-state index contributed by atoms with van der Waals surface area (Å²) >= 11 is 6.05. The minimum absolute atomic E-state index is 0.0475. The number of H-pyrrole nitrogens is 2. The number of imidazole rings is 2. The van der Waals surface area contributed by atoms with E-state index in [0.717, 1.165) is 61.0 Å². The minimum Gasteiger partial charge on any atom is -0.505 e. The molecule has 4 aromatic rings. The molecule has 0 radical (unpaired) electrons. The second kappa shape index (κ2) is 12.4. The summed E-state index contributed by atoms with van der Waals surface area (Å²) in [6.45, 7) is 2.86. The van der Waals surface area contributed by atoms with Crippen LogP contribution in [0.3, 0.4) is 0 Å². The SMILES string of the molecule is O=C1O[C@H]([C@@H](O)CO)C(O)=C1O.O=c1[nH]c2ccccc2n1CCCN1CCC(n2c(=O)[nH]c3cc(Cl)ccc32)CC1. The van der Waals surface area contributed by atoms with E-state index in [-0.39, 0.29) is 17.4 Å². The lowest BCUT2D eigenvalue weighted by Gasteiger charge is -2.32. The lowest BCUT2D eigenvalue weighted by Crippen LogP contribution is -2.37. The maximum absolute atomic E-state index is 12.5. The van der Waals surface area contributed by atoms with Crippen molar-refractivity contribution < 1.29 is 30.0 Å². The minimum atomic E-state index is -1.42. The summed E-state index contributed by atoms with van der Waals surface area (Å²) in [5.74, 6) is -2.78. The van der Waals surface area contributed by atoms with E-state index in [1.165, 1.54) is 0 Å². The quantitative estimate of drug-likeness (QED) is 0.172. The highest BCUT2D eigenvalue weighted by Crippen LogP contribution is 2.26. The van der Waals surface area contributed by atoms with Crippen molar-refractivity contribution >= 4 is 39.6 Å². The van der Waals surface area contributed by atoms with Gasteiger partial charge in [-0.05, 0) is 56.1 Å². The Bertz CT molecular complexity index is 1730. The van der Waals surface area contributed by atoms with Crippen molar-refractivity contribution in [2.45, 2.75) is 44.1 Å². The smallest absolute Gasteiger partial charge is 0.377 e. The number of aryl methyl sites for hydroxylation is 1. The van der Waals surface area contributed by atoms with Crippen molar-refractivity contribution in [3.63, 3.8) is 0 Å². The average molecular weight is 602 g/mol. The third kappa shape index (κ3) is 5.95. The largest absolute Gasteiger partial charge is 0.505 e. The lowest BCUT2D eigenvalue weighted by atomic mass is 10.0. The molecule has 0 amide bonds. The van der Waals surface area contributed by atoms with Gasteiger partial charge in [-0.25, -0.2) is 14.4 Å². The van der Waals surface area contributed by atoms with E-state index in [2.05, 4.69) is 19.6 Å². The van der Waals surface area contributed by atoms with E-state index >= 15 is 0 Å². The van der Waals surface area contributed by atoms with E-state index in [1.807, 2.05) is 45.5 Å². The van der Waals surface area contributed by atoms with Crippen LogP contribution in [0, 0.1) is 0 Å². The zero-order valence-electron chi connectivity index (χ0n) is 22.6. The topological polar surface area (TPSA) is 186 Å². The summed E-state index contributed by atoms with van der Waals surface area (Å²) in [5.41, 5.74) is 3.44. The number of cyclic esters (lactones) is 1. The molecular formula is C28H32ClN5O8. The van der Waals surface area contributed by atoms with E-state index in [9.17, 15) is 14.4 Å². The van der Waals surface area contributed by atoms with Crippen LogP contribution in [-0.2, 0) is 16.1 Å². The van der Waals surface area contributed by atoms with Gasteiger partial charge in [-0.3, -0.25) is 9.13 Å². The van der Waals surface area contributed by atoms with Gasteiger partial charge >= 0.3 is 17.3 Å². The van der Waals surface area contributed by atoms with Crippen molar-refractivity contribution in [2.75, 3.05) is 26.2 Å². The van der Waals surface area contributed by atoms with Crippen molar-refractivity contribution in [3.05, 3.63) is 80.0 Å². The molecule has 2 aliphatic heterocycles. The Kier molecular flexibility index (Phi) is 8.73. The van der Waals surface area contributed by atoms with Crippen LogP contribution < -0.4 is 11.4 Å². The van der Waals surface area contributed by atoms with Crippen LogP contribution in [0.25, 0.3) is 22.1 Å². The van der Waals surface area contributed by atoms with E-state index in [1.54, 1.807) is 6.07 Å². The number of fused-ring (bicyclic) bond motifs is 2. The van der Waals surface area contributed by atoms with Gasteiger partial charge in [0.25, 0.3) is 0 Å². The summed E-state index contributed by atoms with van der Waals surface area (Å²) in [7, 11) is 0. The normalized spacial score (nSPS) is 18.8. The van der Waals surface area contributed by atoms with Gasteiger partial charge in [0.05, 0.1) is 28.7 Å². The molecule has 0 bridgehead atoms. The van der Waals surface area contributed by atoms with Gasteiger partial charge in [0.15, 0.2) is 11.9 Å². The number of nitrogens with zero attached hydrogens (tertiary/aromatic N) is 3. The summed E-state index contributed by atoms with van der Waals surface area (Å²) in [5, 5.41) is 35.7. The number of nitrogens with one attached hydrogen (secondary N) is 2. The molecule has 42 heavy (non-hydrogen) atoms. The Morgan fingerprint density at radius 3 is 2.36 bits per heavy atom. The third-order valence-corrected chi connectivity index (χ3v) is 7.85. The molecule has 2 aromatic heterocycles. The molecular weight excluding hydrogens is 570 g/mol. The van der Waals surface area contributed by atoms with Crippen molar-refractivity contribution in [1.29, 1.82) is 0 Å². The van der Waals surface area contributed by atoms with Crippen molar-refractivity contribution in [1.82, 2.24) is 24.0 Å². The Balaban J connectivity index is 0.000000248. The number of hydrogen-bond donors (Lipinski definition) is 6. The predicted octanol–water partition coefficient (Wildman–Crippen LogP) is 1.95. The molecule has 6 rings (SSSR count). The van der Waals surface area contributed by atoms with E-state index in [4.69, 9.17) is 32.0 Å². The number of rotatable bonds is 7. The highest BCUT2D eigenvalue weighted by molar-refractivity contribution is 6.31. The Labute approximate surface area is 243 Å². The number of halogens is 1. The number of hydrogen-bond acceptors (Lipinski definition) is 9. The van der Waals surface area contributed by atoms with Crippen LogP contribution in [0.5, 0.6) is 0 Å². The zero-order chi connectivity index (χ0) is 30.0. The van der Waals surface area contributed by atoms with Gasteiger partial charge in [-0.15, -0.1) is 0 Å². The van der Waals surface area contributed by atoms with Crippen LogP contribution in [0.2, 0.25) is 5.02 Å². The number of piperidine rings is 1. The number of carbonyl (C=O) groups is 1. The Morgan fingerprint density at radius 1 is 0.952 bits per heavy atom. The maximum atomic E-state index is 12.5. The fourth-order valence-corrected chi connectivity index (χ4v) is 5.64. The molecule has 224 valence electrons. The molecule has 0 aliphatic carbocycles. The predicted molar refractivity (Wildman–Crippen MR) is 155 cm³/mol. The fourth-order valence-electron chi connectivity index (χ4n) is 5.47. The van der Waals surface area contributed by atoms with E-state index < -0.39 is 36.3 Å². The van der Waals surface area contributed by atoms with Crippen LogP contribution in [0.4, 0.5) is 0 Å². The molecule has 2 atom stereocenters. The maximum Gasteiger partial charge on any atom is 0.377 e. The van der Waals surface area contributed by atoms with Gasteiger partial charge < -0.3 is 40.0 Å². The van der Waals surface area contributed by atoms with Gasteiger partial charge in [0.2, 0.25) is 5.76 Å². The van der Waals surface area contributed by atoms with Gasteiger partial charge in [-0.2, -0.15) is 0 Å². The molecule has 1 fully saturated rings. The first-order valence-corrected chi connectivity index (χ1v) is 14.0. The fraction of sp³-hybridized carbons (Fsp3) is 0.393. The number of likely N-dealkylation sites (tertiary alicyclic amines) is 1. The lowest BCUT2D eigenvalue weighted by molar-refractivity contribution is -0.147. The molecule has 6 N–H and O–H groups in total. The monoisotopic (exact) mass is 601 g/mol. The molecule has 0 saturated carbocycles. The number of aliphatic hydroxyl groups is 4. The first-order chi connectivity index (χ1) is 20.2. The number of aromatic amines is 2. The van der Waals surface area contributed by atoms with Crippen molar-refractivity contribution in [3.8, 4) is 0 Å². The summed E-state index contributed by atoms with van der Waals surface area (Å²) in [6, 6.07) is 13.5. The molecule has 2 aromatic carbocycles. The summed E-state index contributed by atoms with van der Waals surface area (Å²) in [6.07, 6.45) is 0.00399. The number of ether oxygens (including phenoxy) is 1. The highest BCUT2D eigenvalue weighted by Gasteiger charge is 2.38. The number of carbonyl (C=O) groups excluding carboxylic acids is 1. The number of aliphatic hydroxyl groups excluding tert-OH is 4. The number of esters is 1. The van der Waals surface area contributed by atoms with Gasteiger partial charge in [-0.1, -0.05) is 23.7 Å². The first kappa shape index (κ1) is 29.5. The Hall–Kier alpha value is -4.04. The third-order valence-electron chi connectivity index (χ3n) is 7.61. The number of para-hydroxylation sites is 2. The van der Waals surface area contributed by atoms with Crippen molar-refractivity contribution in [2.24, 2.45) is 0 Å². The van der Waals surface area contributed by atoms with Crippen LogP contribution in [-0.4, -0.2) is 88.8 Å². The second-order valence-electron chi connectivity index (χ2n) is 10.3. The standard InChI is InChI=1S/C22H24ClN5O2.C6H8O6/c23-15-6-7-20-18(14-15)25-22(30)28(20)16-8-12-26(13-9-16)10-3-11-27-19-5-2-1-4-17(19)24-21(27)29;7-1-2(8)5-3(9)4(10)6(11)12-5/h1-2,4-7,14,16H,3,8-13H2,(H,24,29)(H,25,30);2,5,7-10H,1H2/t;2-,5+/m.0/s1. The molecule has 2 aliphatic rings. The highest BCUT2D eigenvalue weighted by atomic mass is 35.5. The zero-order valence-corrected chi connectivity index (χ0v) is 23.3. The first-order valence-electron chi connectivity index (χ1n) is 13.6. The molecule has 4 heterocycles. The van der Waals surface area contributed by atoms with Crippen LogP contribution in [0.15, 0.2) is 63.6 Å². The van der Waals surface area contributed by atoms with E-state index in [0.29, 0.717) is 11.6 Å². The molecule has 1 saturated heterocycles. The summed E-state index contributed by atoms with van der Waals surface area (Å²) in [4.78, 5) is 43.5. The van der Waals surface area contributed by atoms with Crippen LogP contribution in [0.1, 0.15) is 25.3 Å². The molecule has 0 unspecified atom stereocenters. The Morgan fingerprint density at radius 2 is 1.67 bits per heavy atom. The molecule has 0 spiro atoms. The van der Waals surface area contributed by atoms with Crippen LogP contribution >= 0.6 is 11.6 Å².